The minimum atomic E-state index is -4.54. The van der Waals surface area contributed by atoms with Crippen molar-refractivity contribution >= 4 is 0 Å². The van der Waals surface area contributed by atoms with Gasteiger partial charge in [0.2, 0.25) is 0 Å². The van der Waals surface area contributed by atoms with E-state index in [0.29, 0.717) is 19.2 Å². The van der Waals surface area contributed by atoms with Crippen LogP contribution in [0.5, 0.6) is 0 Å². The summed E-state index contributed by atoms with van der Waals surface area (Å²) in [6.45, 7) is 1.26. The number of hydrogen-bond donors (Lipinski definition) is 1. The molecular weight excluding hydrogens is 262 g/mol. The van der Waals surface area contributed by atoms with Crippen LogP contribution in [0.2, 0.25) is 0 Å². The quantitative estimate of drug-likeness (QED) is 0.854. The van der Waals surface area contributed by atoms with Gasteiger partial charge in [-0.05, 0) is 30.5 Å². The van der Waals surface area contributed by atoms with Crippen molar-refractivity contribution in [1.29, 1.82) is 0 Å². The van der Waals surface area contributed by atoms with E-state index in [9.17, 15) is 17.6 Å². The van der Waals surface area contributed by atoms with Crippen molar-refractivity contribution < 1.29 is 22.3 Å². The number of halogens is 4. The predicted octanol–water partition coefficient (Wildman–Crippen LogP) is 3.11. The van der Waals surface area contributed by atoms with E-state index in [1.807, 2.05) is 0 Å². The molecule has 1 aliphatic heterocycles. The number of hydrogen-bond acceptors (Lipinski definition) is 2. The van der Waals surface area contributed by atoms with Gasteiger partial charge in [0.25, 0.3) is 0 Å². The van der Waals surface area contributed by atoms with Gasteiger partial charge in [0.05, 0.1) is 11.7 Å². The number of ether oxygens (including phenoxy) is 1. The van der Waals surface area contributed by atoms with Gasteiger partial charge >= 0.3 is 6.18 Å². The zero-order chi connectivity index (χ0) is 13.9. The van der Waals surface area contributed by atoms with Crippen LogP contribution in [0.15, 0.2) is 18.2 Å². The normalized spacial score (nSPS) is 19.9. The first-order valence-electron chi connectivity index (χ1n) is 6.15. The Morgan fingerprint density at radius 2 is 2.11 bits per heavy atom. The summed E-state index contributed by atoms with van der Waals surface area (Å²) in [7, 11) is 0. The zero-order valence-corrected chi connectivity index (χ0v) is 10.3. The summed E-state index contributed by atoms with van der Waals surface area (Å²) in [5, 5.41) is 2.93. The topological polar surface area (TPSA) is 21.3 Å². The van der Waals surface area contributed by atoms with Gasteiger partial charge in [0.15, 0.2) is 0 Å². The molecule has 1 N–H and O–H groups in total. The predicted molar refractivity (Wildman–Crippen MR) is 62.1 cm³/mol. The Labute approximate surface area is 108 Å². The Hall–Kier alpha value is -1.14. The maximum absolute atomic E-state index is 12.9. The van der Waals surface area contributed by atoms with Crippen molar-refractivity contribution in [3.8, 4) is 0 Å². The van der Waals surface area contributed by atoms with Gasteiger partial charge in [-0.15, -0.1) is 0 Å². The van der Waals surface area contributed by atoms with Crippen molar-refractivity contribution in [3.63, 3.8) is 0 Å². The molecule has 0 aromatic heterocycles. The summed E-state index contributed by atoms with van der Waals surface area (Å²) in [6, 6.07) is 2.74. The average molecular weight is 277 g/mol. The molecule has 1 heterocycles. The third kappa shape index (κ3) is 3.91. The van der Waals surface area contributed by atoms with Gasteiger partial charge in [-0.25, -0.2) is 4.39 Å². The monoisotopic (exact) mass is 277 g/mol. The first kappa shape index (κ1) is 14.3. The molecule has 1 aromatic rings. The lowest BCUT2D eigenvalue weighted by Crippen LogP contribution is -2.26. The lowest BCUT2D eigenvalue weighted by atomic mass is 10.1. The van der Waals surface area contributed by atoms with Crippen LogP contribution in [0.3, 0.4) is 0 Å². The van der Waals surface area contributed by atoms with Crippen LogP contribution < -0.4 is 5.32 Å². The fourth-order valence-electron chi connectivity index (χ4n) is 2.14. The van der Waals surface area contributed by atoms with Crippen LogP contribution in [-0.2, 0) is 17.5 Å². The average Bonchev–Trinajstić information content (AvgIpc) is 2.83. The molecule has 0 saturated carbocycles. The number of nitrogens with one attached hydrogen (secondary N) is 1. The van der Waals surface area contributed by atoms with Gasteiger partial charge in [0.1, 0.15) is 5.82 Å². The fourth-order valence-corrected chi connectivity index (χ4v) is 2.14. The molecule has 0 radical (unpaired) electrons. The SMILES string of the molecule is Fc1ccc(CNCC2CCCO2)c(C(F)(F)F)c1. The highest BCUT2D eigenvalue weighted by Crippen LogP contribution is 2.32. The highest BCUT2D eigenvalue weighted by atomic mass is 19.4. The molecule has 0 amide bonds. The van der Waals surface area contributed by atoms with Crippen LogP contribution in [0.4, 0.5) is 17.6 Å². The minimum Gasteiger partial charge on any atom is -0.377 e. The first-order valence-corrected chi connectivity index (χ1v) is 6.15. The largest absolute Gasteiger partial charge is 0.416 e. The summed E-state index contributed by atoms with van der Waals surface area (Å²) in [5.74, 6) is -0.879. The standard InChI is InChI=1S/C13H15F4NO/c14-10-4-3-9(12(6-10)13(15,16)17)7-18-8-11-2-1-5-19-11/h3-4,6,11,18H,1-2,5,7-8H2. The third-order valence-electron chi connectivity index (χ3n) is 3.09. The number of alkyl halides is 3. The highest BCUT2D eigenvalue weighted by molar-refractivity contribution is 5.30. The molecule has 1 atom stereocenters. The molecule has 106 valence electrons. The smallest absolute Gasteiger partial charge is 0.377 e. The van der Waals surface area contributed by atoms with Crippen molar-refractivity contribution in [2.24, 2.45) is 0 Å². The van der Waals surface area contributed by atoms with Gasteiger partial charge in [-0.1, -0.05) is 6.07 Å². The molecule has 0 bridgehead atoms. The van der Waals surface area contributed by atoms with Gasteiger partial charge in [0, 0.05) is 19.7 Å². The van der Waals surface area contributed by atoms with Crippen LogP contribution in [0, 0.1) is 5.82 Å². The molecule has 0 aliphatic carbocycles. The Morgan fingerprint density at radius 1 is 1.32 bits per heavy atom. The van der Waals surface area contributed by atoms with E-state index in [4.69, 9.17) is 4.74 Å². The Kier molecular flexibility index (Phi) is 4.42. The molecule has 19 heavy (non-hydrogen) atoms. The maximum Gasteiger partial charge on any atom is 0.416 e. The molecule has 1 saturated heterocycles. The van der Waals surface area contributed by atoms with Crippen molar-refractivity contribution in [3.05, 3.63) is 35.1 Å². The van der Waals surface area contributed by atoms with Crippen molar-refractivity contribution in [2.45, 2.75) is 31.7 Å². The molecule has 1 unspecified atom stereocenters. The van der Waals surface area contributed by atoms with Gasteiger partial charge in [-0.2, -0.15) is 13.2 Å². The van der Waals surface area contributed by atoms with E-state index in [-0.39, 0.29) is 18.2 Å². The van der Waals surface area contributed by atoms with Crippen LogP contribution in [0.1, 0.15) is 24.0 Å². The summed E-state index contributed by atoms with van der Waals surface area (Å²) in [5.41, 5.74) is -0.876. The molecule has 1 aliphatic rings. The highest BCUT2D eigenvalue weighted by Gasteiger charge is 2.33. The van der Waals surface area contributed by atoms with E-state index < -0.39 is 17.6 Å². The van der Waals surface area contributed by atoms with Gasteiger partial charge in [-0.3, -0.25) is 0 Å². The summed E-state index contributed by atoms with van der Waals surface area (Å²) in [4.78, 5) is 0. The number of benzene rings is 1. The molecular formula is C13H15F4NO. The first-order chi connectivity index (χ1) is 8.97. The van der Waals surface area contributed by atoms with Crippen LogP contribution in [0.25, 0.3) is 0 Å². The second kappa shape index (κ2) is 5.88. The van der Waals surface area contributed by atoms with E-state index in [0.717, 1.165) is 18.9 Å². The Morgan fingerprint density at radius 3 is 2.74 bits per heavy atom. The van der Waals surface area contributed by atoms with Gasteiger partial charge < -0.3 is 10.1 Å². The lowest BCUT2D eigenvalue weighted by Gasteiger charge is -2.15. The molecule has 6 heteroatoms. The maximum atomic E-state index is 12.9. The number of rotatable bonds is 4. The second-order valence-electron chi connectivity index (χ2n) is 4.57. The summed E-state index contributed by atoms with van der Waals surface area (Å²) >= 11 is 0. The summed E-state index contributed by atoms with van der Waals surface area (Å²) < 4.78 is 56.5. The minimum absolute atomic E-state index is 0.0481. The lowest BCUT2D eigenvalue weighted by molar-refractivity contribution is -0.138. The van der Waals surface area contributed by atoms with Crippen LogP contribution >= 0.6 is 0 Å². The van der Waals surface area contributed by atoms with E-state index in [2.05, 4.69) is 5.32 Å². The van der Waals surface area contributed by atoms with E-state index in [1.54, 1.807) is 0 Å². The molecule has 2 rings (SSSR count). The molecule has 1 aromatic carbocycles. The van der Waals surface area contributed by atoms with Crippen LogP contribution in [-0.4, -0.2) is 19.3 Å². The Bertz CT molecular complexity index is 427. The third-order valence-corrected chi connectivity index (χ3v) is 3.09. The second-order valence-corrected chi connectivity index (χ2v) is 4.57. The molecule has 2 nitrogen and oxygen atoms in total. The van der Waals surface area contributed by atoms with E-state index >= 15 is 0 Å². The Balaban J connectivity index is 1.98. The van der Waals surface area contributed by atoms with E-state index in [1.165, 1.54) is 6.07 Å². The van der Waals surface area contributed by atoms with Crippen molar-refractivity contribution in [2.75, 3.05) is 13.2 Å². The molecule has 1 fully saturated rings. The van der Waals surface area contributed by atoms with Crippen molar-refractivity contribution in [1.82, 2.24) is 5.32 Å². The zero-order valence-electron chi connectivity index (χ0n) is 10.3. The molecule has 0 spiro atoms. The summed E-state index contributed by atoms with van der Waals surface area (Å²) in [6.07, 6.45) is -2.57. The fraction of sp³-hybridized carbons (Fsp3) is 0.538.